The Kier molecular flexibility index (Phi) is 3.92. The Labute approximate surface area is 124 Å². The van der Waals surface area contributed by atoms with E-state index in [4.69, 9.17) is 0 Å². The van der Waals surface area contributed by atoms with Crippen LogP contribution in [0.1, 0.15) is 12.5 Å². The van der Waals surface area contributed by atoms with Crippen molar-refractivity contribution in [3.63, 3.8) is 0 Å². The molecule has 0 radical (unpaired) electrons. The average Bonchev–Trinajstić information content (AvgIpc) is 2.54. The second-order valence-corrected chi connectivity index (χ2v) is 4.98. The molecule has 1 aliphatic rings. The lowest BCUT2D eigenvalue weighted by Crippen LogP contribution is -2.20. The van der Waals surface area contributed by atoms with Crippen molar-refractivity contribution < 1.29 is 0 Å². The van der Waals surface area contributed by atoms with Gasteiger partial charge in [-0.15, -0.1) is 0 Å². The van der Waals surface area contributed by atoms with Gasteiger partial charge in [-0.25, -0.2) is 0 Å². The molecular formula is C18H17N3. The third-order valence-corrected chi connectivity index (χ3v) is 3.26. The molecule has 1 aliphatic heterocycles. The molecule has 3 nitrogen and oxygen atoms in total. The van der Waals surface area contributed by atoms with E-state index < -0.39 is 0 Å². The van der Waals surface area contributed by atoms with Gasteiger partial charge in [-0.2, -0.15) is 0 Å². The Balaban J connectivity index is 1.82. The van der Waals surface area contributed by atoms with E-state index in [-0.39, 0.29) is 0 Å². The fourth-order valence-electron chi connectivity index (χ4n) is 2.20. The lowest BCUT2D eigenvalue weighted by Gasteiger charge is -2.12. The van der Waals surface area contributed by atoms with Crippen molar-refractivity contribution in [1.29, 1.82) is 0 Å². The maximum Gasteiger partial charge on any atom is 0.0892 e. The molecule has 0 fully saturated rings. The van der Waals surface area contributed by atoms with Gasteiger partial charge in [0.15, 0.2) is 0 Å². The van der Waals surface area contributed by atoms with Crippen LogP contribution in [0.4, 0.5) is 0 Å². The van der Waals surface area contributed by atoms with Crippen LogP contribution >= 0.6 is 0 Å². The molecule has 3 heterocycles. The number of dihydropyridines is 1. The van der Waals surface area contributed by atoms with E-state index in [1.165, 1.54) is 5.57 Å². The zero-order valence-corrected chi connectivity index (χ0v) is 11.9. The van der Waals surface area contributed by atoms with Crippen molar-refractivity contribution in [1.82, 2.24) is 15.3 Å². The number of hydrogen-bond acceptors (Lipinski definition) is 3. The minimum absolute atomic E-state index is 0.371. The Morgan fingerprint density at radius 3 is 2.76 bits per heavy atom. The predicted octanol–water partition coefficient (Wildman–Crippen LogP) is 3.59. The molecule has 3 rings (SSSR count). The van der Waals surface area contributed by atoms with E-state index >= 15 is 0 Å². The number of nitrogens with one attached hydrogen (secondary N) is 1. The monoisotopic (exact) mass is 275 g/mol. The first-order valence-electron chi connectivity index (χ1n) is 7.01. The van der Waals surface area contributed by atoms with E-state index in [9.17, 15) is 0 Å². The highest BCUT2D eigenvalue weighted by molar-refractivity contribution is 5.62. The van der Waals surface area contributed by atoms with Crippen molar-refractivity contribution in [2.45, 2.75) is 13.0 Å². The van der Waals surface area contributed by atoms with Crippen molar-refractivity contribution in [3.8, 4) is 11.4 Å². The highest BCUT2D eigenvalue weighted by atomic mass is 14.9. The molecule has 2 aromatic heterocycles. The summed E-state index contributed by atoms with van der Waals surface area (Å²) in [6.07, 6.45) is 14.1. The van der Waals surface area contributed by atoms with Crippen LogP contribution in [-0.2, 0) is 0 Å². The standard InChI is InChI=1S/C18H17N3/c1-14-12-15(7-10-19-14)5-6-16-8-11-21-18(13-16)17-4-2-3-9-20-17/h2-14,19H,1H3/b6-5-. The van der Waals surface area contributed by atoms with Crippen LogP contribution in [0.5, 0.6) is 0 Å². The van der Waals surface area contributed by atoms with Gasteiger partial charge in [0, 0.05) is 18.4 Å². The molecule has 0 amide bonds. The number of pyridine rings is 2. The first-order chi connectivity index (χ1) is 10.3. The zero-order valence-electron chi connectivity index (χ0n) is 11.9. The third kappa shape index (κ3) is 3.45. The summed E-state index contributed by atoms with van der Waals surface area (Å²) in [6.45, 7) is 2.13. The first kappa shape index (κ1) is 13.3. The summed E-state index contributed by atoms with van der Waals surface area (Å²) in [5.74, 6) is 0. The van der Waals surface area contributed by atoms with E-state index in [1.807, 2.05) is 42.7 Å². The van der Waals surface area contributed by atoms with Gasteiger partial charge in [-0.05, 0) is 54.6 Å². The summed E-state index contributed by atoms with van der Waals surface area (Å²) in [5.41, 5.74) is 4.10. The molecule has 1 N–H and O–H groups in total. The third-order valence-electron chi connectivity index (χ3n) is 3.26. The molecule has 2 aromatic rings. The Hall–Kier alpha value is -2.68. The van der Waals surface area contributed by atoms with Gasteiger partial charge in [0.2, 0.25) is 0 Å². The van der Waals surface area contributed by atoms with Crippen LogP contribution < -0.4 is 5.32 Å². The van der Waals surface area contributed by atoms with Crippen LogP contribution in [0.2, 0.25) is 0 Å². The molecule has 21 heavy (non-hydrogen) atoms. The van der Waals surface area contributed by atoms with Gasteiger partial charge in [-0.3, -0.25) is 9.97 Å². The maximum absolute atomic E-state index is 4.38. The fraction of sp³-hybridized carbons (Fsp3) is 0.111. The minimum atomic E-state index is 0.371. The largest absolute Gasteiger partial charge is 0.385 e. The number of hydrogen-bond donors (Lipinski definition) is 1. The van der Waals surface area contributed by atoms with E-state index in [2.05, 4.69) is 46.5 Å². The van der Waals surface area contributed by atoms with Gasteiger partial charge in [-0.1, -0.05) is 24.3 Å². The SMILES string of the molecule is CC1C=C(/C=C\c2ccnc(-c3ccccn3)c2)C=CN1. The lowest BCUT2D eigenvalue weighted by molar-refractivity contribution is 0.756. The normalized spacial score (nSPS) is 17.6. The van der Waals surface area contributed by atoms with Crippen LogP contribution in [0.15, 0.2) is 72.7 Å². The van der Waals surface area contributed by atoms with Crippen molar-refractivity contribution >= 4 is 6.08 Å². The highest BCUT2D eigenvalue weighted by Crippen LogP contribution is 2.16. The predicted molar refractivity (Wildman–Crippen MR) is 86.3 cm³/mol. The molecule has 0 saturated heterocycles. The molecule has 1 unspecified atom stereocenters. The summed E-state index contributed by atoms with van der Waals surface area (Å²) in [4.78, 5) is 8.71. The van der Waals surface area contributed by atoms with Crippen LogP contribution in [-0.4, -0.2) is 16.0 Å². The van der Waals surface area contributed by atoms with Gasteiger partial charge in [0.05, 0.1) is 11.4 Å². The van der Waals surface area contributed by atoms with E-state index in [1.54, 1.807) is 6.20 Å². The molecule has 1 atom stereocenters. The molecule has 0 aliphatic carbocycles. The van der Waals surface area contributed by atoms with Crippen LogP contribution in [0.25, 0.3) is 17.5 Å². The molecule has 0 aromatic carbocycles. The quantitative estimate of drug-likeness (QED) is 0.930. The van der Waals surface area contributed by atoms with Crippen molar-refractivity contribution in [3.05, 3.63) is 78.3 Å². The Bertz CT molecular complexity index is 699. The minimum Gasteiger partial charge on any atom is -0.385 e. The van der Waals surface area contributed by atoms with Crippen molar-refractivity contribution in [2.75, 3.05) is 0 Å². The number of aromatic nitrogens is 2. The van der Waals surface area contributed by atoms with Gasteiger partial charge in [0.25, 0.3) is 0 Å². The highest BCUT2D eigenvalue weighted by Gasteiger charge is 2.01. The van der Waals surface area contributed by atoms with Crippen LogP contribution in [0.3, 0.4) is 0 Å². The molecule has 0 bridgehead atoms. The smallest absolute Gasteiger partial charge is 0.0892 e. The van der Waals surface area contributed by atoms with Gasteiger partial charge >= 0.3 is 0 Å². The second-order valence-electron chi connectivity index (χ2n) is 4.98. The summed E-state index contributed by atoms with van der Waals surface area (Å²) < 4.78 is 0. The summed E-state index contributed by atoms with van der Waals surface area (Å²) in [7, 11) is 0. The zero-order chi connectivity index (χ0) is 14.5. The molecule has 0 spiro atoms. The lowest BCUT2D eigenvalue weighted by atomic mass is 10.1. The number of nitrogens with zero attached hydrogens (tertiary/aromatic N) is 2. The summed E-state index contributed by atoms with van der Waals surface area (Å²) in [5, 5.41) is 3.23. The van der Waals surface area contributed by atoms with Gasteiger partial charge in [0.1, 0.15) is 0 Å². The molecule has 0 saturated carbocycles. The summed E-state index contributed by atoms with van der Waals surface area (Å²) in [6, 6.07) is 10.3. The number of allylic oxidation sites excluding steroid dienone is 3. The second kappa shape index (κ2) is 6.18. The van der Waals surface area contributed by atoms with E-state index in [0.717, 1.165) is 17.0 Å². The topological polar surface area (TPSA) is 37.8 Å². The van der Waals surface area contributed by atoms with Gasteiger partial charge < -0.3 is 5.32 Å². The molecule has 3 heteroatoms. The van der Waals surface area contributed by atoms with Crippen molar-refractivity contribution in [2.24, 2.45) is 0 Å². The maximum atomic E-state index is 4.38. The molecular weight excluding hydrogens is 258 g/mol. The fourth-order valence-corrected chi connectivity index (χ4v) is 2.20. The average molecular weight is 275 g/mol. The first-order valence-corrected chi connectivity index (χ1v) is 7.01. The Morgan fingerprint density at radius 1 is 1.05 bits per heavy atom. The Morgan fingerprint density at radius 2 is 1.95 bits per heavy atom. The summed E-state index contributed by atoms with van der Waals surface area (Å²) >= 11 is 0. The van der Waals surface area contributed by atoms with E-state index in [0.29, 0.717) is 6.04 Å². The number of rotatable bonds is 3. The van der Waals surface area contributed by atoms with Crippen LogP contribution in [0, 0.1) is 0 Å². The molecule has 104 valence electrons.